The van der Waals surface area contributed by atoms with Crippen molar-refractivity contribution in [3.05, 3.63) is 18.0 Å². The second-order valence-electron chi connectivity index (χ2n) is 5.55. The highest BCUT2D eigenvalue weighted by atomic mass is 32.2. The van der Waals surface area contributed by atoms with E-state index in [2.05, 4.69) is 15.0 Å². The number of H-pyrrole nitrogens is 1. The maximum Gasteiger partial charge on any atom is 0.242 e. The Bertz CT molecular complexity index is 492. The predicted molar refractivity (Wildman–Crippen MR) is 77.4 cm³/mol. The molecule has 0 aliphatic heterocycles. The third kappa shape index (κ3) is 4.97. The zero-order valence-electron chi connectivity index (χ0n) is 12.3. The lowest BCUT2D eigenvalue weighted by molar-refractivity contribution is 0.476. The molecule has 0 bridgehead atoms. The normalized spacial score (nSPS) is 14.3. The molecular formula is C13H25N3O2S. The highest BCUT2D eigenvalue weighted by Gasteiger charge is 2.20. The molecule has 0 aromatic carbocycles. The SMILES string of the molecule is CC(C)NCc1cc(S(=O)(=O)NC(C)C(C)C)c[nH]1. The van der Waals surface area contributed by atoms with E-state index in [1.807, 2.05) is 34.6 Å². The molecule has 0 radical (unpaired) electrons. The van der Waals surface area contributed by atoms with Crippen LogP contribution in [0.25, 0.3) is 0 Å². The van der Waals surface area contributed by atoms with Crippen LogP contribution >= 0.6 is 0 Å². The lowest BCUT2D eigenvalue weighted by atomic mass is 10.1. The monoisotopic (exact) mass is 287 g/mol. The average molecular weight is 287 g/mol. The van der Waals surface area contributed by atoms with Crippen molar-refractivity contribution in [2.75, 3.05) is 0 Å². The molecular weight excluding hydrogens is 262 g/mol. The molecule has 0 saturated heterocycles. The van der Waals surface area contributed by atoms with Crippen LogP contribution in [0, 0.1) is 5.92 Å². The first-order valence-corrected chi connectivity index (χ1v) is 8.13. The average Bonchev–Trinajstić information content (AvgIpc) is 2.74. The van der Waals surface area contributed by atoms with Gasteiger partial charge >= 0.3 is 0 Å². The van der Waals surface area contributed by atoms with E-state index in [-0.39, 0.29) is 12.0 Å². The molecule has 1 heterocycles. The van der Waals surface area contributed by atoms with Crippen molar-refractivity contribution in [2.45, 2.75) is 58.1 Å². The van der Waals surface area contributed by atoms with Gasteiger partial charge < -0.3 is 10.3 Å². The summed E-state index contributed by atoms with van der Waals surface area (Å²) < 4.78 is 27.0. The summed E-state index contributed by atoms with van der Waals surface area (Å²) in [7, 11) is -3.43. The highest BCUT2D eigenvalue weighted by Crippen LogP contribution is 2.13. The van der Waals surface area contributed by atoms with Crippen LogP contribution in [0.15, 0.2) is 17.2 Å². The summed E-state index contributed by atoms with van der Waals surface area (Å²) in [5.41, 5.74) is 0.867. The van der Waals surface area contributed by atoms with E-state index in [9.17, 15) is 8.42 Å². The molecule has 1 aromatic heterocycles. The standard InChI is InChI=1S/C13H25N3O2S/c1-9(2)11(5)16-19(17,18)13-6-12(15-8-13)7-14-10(3)4/h6,8-11,14-16H,7H2,1-5H3. The zero-order valence-corrected chi connectivity index (χ0v) is 13.1. The molecule has 1 aromatic rings. The summed E-state index contributed by atoms with van der Waals surface area (Å²) in [6.07, 6.45) is 1.53. The molecule has 3 N–H and O–H groups in total. The van der Waals surface area contributed by atoms with Crippen LogP contribution in [0.4, 0.5) is 0 Å². The molecule has 0 fully saturated rings. The Kier molecular flexibility index (Phi) is 5.58. The van der Waals surface area contributed by atoms with Gasteiger partial charge in [0.1, 0.15) is 0 Å². The number of sulfonamides is 1. The lowest BCUT2D eigenvalue weighted by Gasteiger charge is -2.16. The number of hydrogen-bond acceptors (Lipinski definition) is 3. The minimum atomic E-state index is -3.43. The number of rotatable bonds is 7. The van der Waals surface area contributed by atoms with Gasteiger partial charge in [-0.3, -0.25) is 0 Å². The van der Waals surface area contributed by atoms with Gasteiger partial charge in [0.15, 0.2) is 0 Å². The second-order valence-corrected chi connectivity index (χ2v) is 7.26. The predicted octanol–water partition coefficient (Wildman–Crippen LogP) is 1.84. The molecule has 110 valence electrons. The van der Waals surface area contributed by atoms with Gasteiger partial charge in [-0.15, -0.1) is 0 Å². The van der Waals surface area contributed by atoms with Gasteiger partial charge in [0.05, 0.1) is 4.90 Å². The van der Waals surface area contributed by atoms with Gasteiger partial charge in [-0.2, -0.15) is 0 Å². The van der Waals surface area contributed by atoms with Crippen molar-refractivity contribution < 1.29 is 8.42 Å². The van der Waals surface area contributed by atoms with E-state index in [4.69, 9.17) is 0 Å². The van der Waals surface area contributed by atoms with Crippen LogP contribution in [0.1, 0.15) is 40.3 Å². The Morgan fingerprint density at radius 1 is 1.21 bits per heavy atom. The Labute approximate surface area is 116 Å². The molecule has 0 spiro atoms. The van der Waals surface area contributed by atoms with E-state index >= 15 is 0 Å². The van der Waals surface area contributed by atoms with Gasteiger partial charge in [0, 0.05) is 30.5 Å². The molecule has 1 rings (SSSR count). The van der Waals surface area contributed by atoms with Crippen LogP contribution in [-0.2, 0) is 16.6 Å². The minimum absolute atomic E-state index is 0.0860. The van der Waals surface area contributed by atoms with Gasteiger partial charge in [0.25, 0.3) is 0 Å². The number of aromatic amines is 1. The van der Waals surface area contributed by atoms with E-state index in [0.717, 1.165) is 5.69 Å². The van der Waals surface area contributed by atoms with Crippen LogP contribution in [-0.4, -0.2) is 25.5 Å². The van der Waals surface area contributed by atoms with Gasteiger partial charge in [-0.25, -0.2) is 13.1 Å². The van der Waals surface area contributed by atoms with Crippen molar-refractivity contribution in [1.29, 1.82) is 0 Å². The largest absolute Gasteiger partial charge is 0.363 e. The molecule has 1 atom stereocenters. The maximum atomic E-state index is 12.1. The summed E-state index contributed by atoms with van der Waals surface area (Å²) in [5, 5.41) is 3.24. The van der Waals surface area contributed by atoms with E-state index < -0.39 is 10.0 Å². The van der Waals surface area contributed by atoms with E-state index in [1.165, 1.54) is 6.20 Å². The van der Waals surface area contributed by atoms with E-state index in [1.54, 1.807) is 6.07 Å². The first-order chi connectivity index (χ1) is 8.72. The lowest BCUT2D eigenvalue weighted by Crippen LogP contribution is -2.35. The zero-order chi connectivity index (χ0) is 14.6. The third-order valence-electron chi connectivity index (χ3n) is 3.07. The van der Waals surface area contributed by atoms with Crippen molar-refractivity contribution in [3.8, 4) is 0 Å². The van der Waals surface area contributed by atoms with Gasteiger partial charge in [-0.05, 0) is 18.9 Å². The van der Waals surface area contributed by atoms with Crippen LogP contribution in [0.2, 0.25) is 0 Å². The summed E-state index contributed by atoms with van der Waals surface area (Å²) in [4.78, 5) is 3.28. The summed E-state index contributed by atoms with van der Waals surface area (Å²) in [5.74, 6) is 0.260. The fourth-order valence-electron chi connectivity index (χ4n) is 1.44. The van der Waals surface area contributed by atoms with Gasteiger partial charge in [-0.1, -0.05) is 27.7 Å². The molecule has 19 heavy (non-hydrogen) atoms. The molecule has 0 aliphatic carbocycles. The molecule has 6 heteroatoms. The summed E-state index contributed by atoms with van der Waals surface area (Å²) in [6, 6.07) is 1.95. The topological polar surface area (TPSA) is 74.0 Å². The van der Waals surface area contributed by atoms with Crippen LogP contribution in [0.3, 0.4) is 0 Å². The van der Waals surface area contributed by atoms with Crippen molar-refractivity contribution >= 4 is 10.0 Å². The first kappa shape index (κ1) is 16.2. The molecule has 0 amide bonds. The fraction of sp³-hybridized carbons (Fsp3) is 0.692. The highest BCUT2D eigenvalue weighted by molar-refractivity contribution is 7.89. The maximum absolute atomic E-state index is 12.1. The van der Waals surface area contributed by atoms with Crippen LogP contribution < -0.4 is 10.0 Å². The van der Waals surface area contributed by atoms with E-state index in [0.29, 0.717) is 17.5 Å². The Balaban J connectivity index is 2.74. The summed E-state index contributed by atoms with van der Waals surface area (Å²) in [6.45, 7) is 10.6. The first-order valence-electron chi connectivity index (χ1n) is 6.65. The molecule has 1 unspecified atom stereocenters. The summed E-state index contributed by atoms with van der Waals surface area (Å²) >= 11 is 0. The number of nitrogens with one attached hydrogen (secondary N) is 3. The van der Waals surface area contributed by atoms with Crippen LogP contribution in [0.5, 0.6) is 0 Å². The Morgan fingerprint density at radius 3 is 2.37 bits per heavy atom. The Morgan fingerprint density at radius 2 is 1.84 bits per heavy atom. The minimum Gasteiger partial charge on any atom is -0.363 e. The molecule has 0 saturated carbocycles. The molecule has 5 nitrogen and oxygen atoms in total. The quantitative estimate of drug-likeness (QED) is 0.716. The van der Waals surface area contributed by atoms with Gasteiger partial charge in [0.2, 0.25) is 10.0 Å². The van der Waals surface area contributed by atoms with Crippen molar-refractivity contribution in [3.63, 3.8) is 0 Å². The molecule has 0 aliphatic rings. The van der Waals surface area contributed by atoms with Crippen molar-refractivity contribution in [1.82, 2.24) is 15.0 Å². The fourth-order valence-corrected chi connectivity index (χ4v) is 2.85. The smallest absolute Gasteiger partial charge is 0.242 e. The second kappa shape index (κ2) is 6.54. The number of aromatic nitrogens is 1. The Hall–Kier alpha value is -0.850. The van der Waals surface area contributed by atoms with Crippen molar-refractivity contribution in [2.24, 2.45) is 5.92 Å². The number of hydrogen-bond donors (Lipinski definition) is 3. The third-order valence-corrected chi connectivity index (χ3v) is 4.61.